The van der Waals surface area contributed by atoms with Crippen LogP contribution >= 0.6 is 0 Å². The second kappa shape index (κ2) is 8.23. The molecule has 2 rings (SSSR count). The first-order chi connectivity index (χ1) is 11.8. The van der Waals surface area contributed by atoms with Crippen LogP contribution in [0.4, 0.5) is 4.79 Å². The quantitative estimate of drug-likeness (QED) is 0.796. The molecule has 25 heavy (non-hydrogen) atoms. The maximum absolute atomic E-state index is 12.2. The van der Waals surface area contributed by atoms with Crippen molar-refractivity contribution in [1.29, 1.82) is 0 Å². The van der Waals surface area contributed by atoms with E-state index in [1.807, 2.05) is 20.8 Å². The zero-order chi connectivity index (χ0) is 18.3. The van der Waals surface area contributed by atoms with Crippen molar-refractivity contribution in [2.24, 2.45) is 0 Å². The Morgan fingerprint density at radius 1 is 1.28 bits per heavy atom. The van der Waals surface area contributed by atoms with Gasteiger partial charge in [-0.1, -0.05) is 19.3 Å². The van der Waals surface area contributed by atoms with Gasteiger partial charge < -0.3 is 19.8 Å². The van der Waals surface area contributed by atoms with Crippen LogP contribution in [-0.4, -0.2) is 29.7 Å². The highest BCUT2D eigenvalue weighted by atomic mass is 16.6. The first-order valence-corrected chi connectivity index (χ1v) is 8.79. The Hall–Kier alpha value is -2.24. The minimum Gasteiger partial charge on any atom is -0.465 e. The predicted octanol–water partition coefficient (Wildman–Crippen LogP) is 3.64. The van der Waals surface area contributed by atoms with Gasteiger partial charge in [0.2, 0.25) is 5.91 Å². The molecule has 1 aliphatic carbocycles. The lowest BCUT2D eigenvalue weighted by atomic mass is 9.81. The summed E-state index contributed by atoms with van der Waals surface area (Å²) < 4.78 is 10.5. The molecule has 0 saturated heterocycles. The van der Waals surface area contributed by atoms with Crippen molar-refractivity contribution >= 4 is 18.1 Å². The van der Waals surface area contributed by atoms with Gasteiger partial charge in [-0.3, -0.25) is 4.79 Å². The SMILES string of the molecule is CC(C)(C)OC(=O)NC1(CNC(=O)C=Cc2ccco2)CCCCC1. The number of hydrogen-bond donors (Lipinski definition) is 2. The minimum atomic E-state index is -0.547. The normalized spacial score (nSPS) is 17.2. The molecule has 0 aliphatic heterocycles. The summed E-state index contributed by atoms with van der Waals surface area (Å²) in [6.45, 7) is 5.89. The first-order valence-electron chi connectivity index (χ1n) is 8.79. The molecule has 0 unspecified atom stereocenters. The molecule has 6 nitrogen and oxygen atoms in total. The standard InChI is InChI=1S/C19H28N2O4/c1-18(2,3)25-17(23)21-19(11-5-4-6-12-19)14-20-16(22)10-9-15-8-7-13-24-15/h7-10,13H,4-6,11-12,14H2,1-3H3,(H,20,22)(H,21,23). The number of nitrogens with one attached hydrogen (secondary N) is 2. The smallest absolute Gasteiger partial charge is 0.408 e. The van der Waals surface area contributed by atoms with Gasteiger partial charge in [0.15, 0.2) is 0 Å². The first kappa shape index (κ1) is 19.1. The van der Waals surface area contributed by atoms with E-state index in [0.717, 1.165) is 32.1 Å². The zero-order valence-corrected chi connectivity index (χ0v) is 15.3. The van der Waals surface area contributed by atoms with Gasteiger partial charge in [0.05, 0.1) is 11.8 Å². The second-order valence-electron chi connectivity index (χ2n) is 7.53. The van der Waals surface area contributed by atoms with E-state index >= 15 is 0 Å². The van der Waals surface area contributed by atoms with Gasteiger partial charge in [-0.05, 0) is 51.8 Å². The summed E-state index contributed by atoms with van der Waals surface area (Å²) in [4.78, 5) is 24.2. The Morgan fingerprint density at radius 3 is 2.60 bits per heavy atom. The molecule has 2 N–H and O–H groups in total. The van der Waals surface area contributed by atoms with Crippen LogP contribution in [0.3, 0.4) is 0 Å². The van der Waals surface area contributed by atoms with E-state index < -0.39 is 17.2 Å². The third kappa shape index (κ3) is 6.64. The molecule has 1 aliphatic rings. The van der Waals surface area contributed by atoms with Crippen molar-refractivity contribution in [2.75, 3.05) is 6.54 Å². The van der Waals surface area contributed by atoms with Crippen molar-refractivity contribution in [3.8, 4) is 0 Å². The van der Waals surface area contributed by atoms with Crippen molar-refractivity contribution in [3.63, 3.8) is 0 Å². The number of alkyl carbamates (subject to hydrolysis) is 1. The maximum atomic E-state index is 12.2. The molecular formula is C19H28N2O4. The van der Waals surface area contributed by atoms with Crippen LogP contribution in [0.5, 0.6) is 0 Å². The number of rotatable bonds is 5. The lowest BCUT2D eigenvalue weighted by Crippen LogP contribution is -2.57. The van der Waals surface area contributed by atoms with Gasteiger partial charge in [0.1, 0.15) is 11.4 Å². The molecule has 1 heterocycles. The highest BCUT2D eigenvalue weighted by Crippen LogP contribution is 2.28. The van der Waals surface area contributed by atoms with Crippen LogP contribution in [0, 0.1) is 0 Å². The Balaban J connectivity index is 1.92. The highest BCUT2D eigenvalue weighted by Gasteiger charge is 2.35. The highest BCUT2D eigenvalue weighted by molar-refractivity contribution is 5.91. The van der Waals surface area contributed by atoms with Crippen LogP contribution in [0.15, 0.2) is 28.9 Å². The second-order valence-corrected chi connectivity index (χ2v) is 7.53. The number of ether oxygens (including phenoxy) is 1. The lowest BCUT2D eigenvalue weighted by Gasteiger charge is -2.38. The predicted molar refractivity (Wildman–Crippen MR) is 95.9 cm³/mol. The van der Waals surface area contributed by atoms with E-state index in [1.165, 1.54) is 6.08 Å². The van der Waals surface area contributed by atoms with Crippen molar-refractivity contribution in [3.05, 3.63) is 30.2 Å². The largest absolute Gasteiger partial charge is 0.465 e. The average Bonchev–Trinajstić information content (AvgIpc) is 3.03. The Labute approximate surface area is 149 Å². The van der Waals surface area contributed by atoms with Crippen molar-refractivity contribution in [1.82, 2.24) is 10.6 Å². The summed E-state index contributed by atoms with van der Waals surface area (Å²) in [5, 5.41) is 5.88. The molecule has 0 aromatic carbocycles. The number of carbonyl (C=O) groups excluding carboxylic acids is 2. The molecule has 0 spiro atoms. The summed E-state index contributed by atoms with van der Waals surface area (Å²) >= 11 is 0. The minimum absolute atomic E-state index is 0.215. The molecule has 1 aromatic rings. The van der Waals surface area contributed by atoms with Gasteiger partial charge in [0.25, 0.3) is 0 Å². The molecule has 0 atom stereocenters. The molecule has 6 heteroatoms. The molecule has 2 amide bonds. The topological polar surface area (TPSA) is 80.6 Å². The number of carbonyl (C=O) groups is 2. The molecule has 1 saturated carbocycles. The van der Waals surface area contributed by atoms with Gasteiger partial charge in [-0.15, -0.1) is 0 Å². The van der Waals surface area contributed by atoms with Crippen LogP contribution < -0.4 is 10.6 Å². The summed E-state index contributed by atoms with van der Waals surface area (Å²) in [6.07, 6.45) is 9.01. The monoisotopic (exact) mass is 348 g/mol. The molecule has 1 fully saturated rings. The van der Waals surface area contributed by atoms with Crippen molar-refractivity contribution < 1.29 is 18.7 Å². The van der Waals surface area contributed by atoms with Gasteiger partial charge >= 0.3 is 6.09 Å². The van der Waals surface area contributed by atoms with Gasteiger partial charge in [-0.2, -0.15) is 0 Å². The van der Waals surface area contributed by atoms with E-state index in [4.69, 9.17) is 9.15 Å². The molecule has 1 aromatic heterocycles. The van der Waals surface area contributed by atoms with E-state index in [0.29, 0.717) is 12.3 Å². The van der Waals surface area contributed by atoms with Crippen LogP contribution in [-0.2, 0) is 9.53 Å². The summed E-state index contributed by atoms with van der Waals surface area (Å²) in [5.41, 5.74) is -0.996. The third-order valence-corrected chi connectivity index (χ3v) is 4.12. The van der Waals surface area contributed by atoms with Gasteiger partial charge in [0, 0.05) is 12.6 Å². The van der Waals surface area contributed by atoms with E-state index in [-0.39, 0.29) is 5.91 Å². The third-order valence-electron chi connectivity index (χ3n) is 4.12. The Kier molecular flexibility index (Phi) is 6.28. The molecular weight excluding hydrogens is 320 g/mol. The number of furan rings is 1. The number of hydrogen-bond acceptors (Lipinski definition) is 4. The van der Waals surface area contributed by atoms with E-state index in [2.05, 4.69) is 10.6 Å². The summed E-state index contributed by atoms with van der Waals surface area (Å²) in [7, 11) is 0. The number of amides is 2. The van der Waals surface area contributed by atoms with E-state index in [1.54, 1.807) is 24.5 Å². The fourth-order valence-electron chi connectivity index (χ4n) is 2.95. The fourth-order valence-corrected chi connectivity index (χ4v) is 2.95. The van der Waals surface area contributed by atoms with Crippen LogP contribution in [0.1, 0.15) is 58.6 Å². The van der Waals surface area contributed by atoms with Crippen LogP contribution in [0.2, 0.25) is 0 Å². The fraction of sp³-hybridized carbons (Fsp3) is 0.579. The average molecular weight is 348 g/mol. The molecule has 0 bridgehead atoms. The molecule has 138 valence electrons. The van der Waals surface area contributed by atoms with Gasteiger partial charge in [-0.25, -0.2) is 4.79 Å². The molecule has 0 radical (unpaired) electrons. The lowest BCUT2D eigenvalue weighted by molar-refractivity contribution is -0.116. The van der Waals surface area contributed by atoms with Crippen molar-refractivity contribution in [2.45, 2.75) is 64.0 Å². The van der Waals surface area contributed by atoms with E-state index in [9.17, 15) is 9.59 Å². The summed E-state index contributed by atoms with van der Waals surface area (Å²) in [6, 6.07) is 3.54. The summed E-state index contributed by atoms with van der Waals surface area (Å²) in [5.74, 6) is 0.404. The maximum Gasteiger partial charge on any atom is 0.408 e. The van der Waals surface area contributed by atoms with Crippen LogP contribution in [0.25, 0.3) is 6.08 Å². The Bertz CT molecular complexity index is 593. The zero-order valence-electron chi connectivity index (χ0n) is 15.3. The Morgan fingerprint density at radius 2 is 2.00 bits per heavy atom.